The fourth-order valence-electron chi connectivity index (χ4n) is 2.79. The molecular weight excluding hydrogens is 410 g/mol. The number of anilines is 1. The van der Waals surface area contributed by atoms with E-state index in [0.717, 1.165) is 12.5 Å². The van der Waals surface area contributed by atoms with Crippen LogP contribution in [0, 0.1) is 25.5 Å². The van der Waals surface area contributed by atoms with Crippen molar-refractivity contribution in [3.8, 4) is 0 Å². The van der Waals surface area contributed by atoms with Gasteiger partial charge in [-0.25, -0.2) is 27.2 Å². The summed E-state index contributed by atoms with van der Waals surface area (Å²) in [5, 5.41) is 2.91. The van der Waals surface area contributed by atoms with Gasteiger partial charge in [-0.3, -0.25) is 0 Å². The van der Waals surface area contributed by atoms with Crippen molar-refractivity contribution in [2.45, 2.75) is 24.9 Å². The van der Waals surface area contributed by atoms with Crippen LogP contribution in [0.25, 0.3) is 0 Å². The van der Waals surface area contributed by atoms with E-state index < -0.39 is 27.5 Å². The van der Waals surface area contributed by atoms with Gasteiger partial charge in [0.15, 0.2) is 14.9 Å². The Hall–Kier alpha value is -2.52. The Bertz CT molecular complexity index is 1150. The Morgan fingerprint density at radius 3 is 2.50 bits per heavy atom. The number of H-pyrrole nitrogens is 1. The predicted molar refractivity (Wildman–Crippen MR) is 102 cm³/mol. The van der Waals surface area contributed by atoms with Crippen molar-refractivity contribution in [2.24, 2.45) is 0 Å². The molecule has 3 aromatic rings. The molecule has 0 fully saturated rings. The van der Waals surface area contributed by atoms with E-state index >= 15 is 0 Å². The monoisotopic (exact) mass is 426 g/mol. The second-order valence-electron chi connectivity index (χ2n) is 6.39. The summed E-state index contributed by atoms with van der Waals surface area (Å²) >= 11 is 5.91. The van der Waals surface area contributed by atoms with Gasteiger partial charge in [0.05, 0.1) is 16.9 Å². The number of aromatic amines is 1. The second kappa shape index (κ2) is 7.48. The molecular formula is C18H17ClF2N4O2S. The summed E-state index contributed by atoms with van der Waals surface area (Å²) in [5.74, 6) is -0.446. The Morgan fingerprint density at radius 2 is 1.93 bits per heavy atom. The number of nitrogens with zero attached hydrogens (tertiary/aromatic N) is 2. The van der Waals surface area contributed by atoms with Crippen molar-refractivity contribution in [3.63, 3.8) is 0 Å². The minimum Gasteiger partial charge on any atom is -0.356 e. The van der Waals surface area contributed by atoms with Gasteiger partial charge in [-0.15, -0.1) is 0 Å². The Balaban J connectivity index is 2.13. The van der Waals surface area contributed by atoms with E-state index in [-0.39, 0.29) is 15.9 Å². The maximum Gasteiger partial charge on any atom is 0.194 e. The molecule has 0 spiro atoms. The van der Waals surface area contributed by atoms with Crippen LogP contribution < -0.4 is 5.32 Å². The molecule has 0 saturated carbocycles. The first-order chi connectivity index (χ1) is 13.1. The average Bonchev–Trinajstić information content (AvgIpc) is 2.99. The molecule has 0 bridgehead atoms. The zero-order valence-electron chi connectivity index (χ0n) is 15.2. The molecule has 148 valence electrons. The van der Waals surface area contributed by atoms with Crippen molar-refractivity contribution < 1.29 is 17.2 Å². The van der Waals surface area contributed by atoms with E-state index in [9.17, 15) is 17.2 Å². The topological polar surface area (TPSA) is 87.7 Å². The molecule has 0 amide bonds. The van der Waals surface area contributed by atoms with E-state index in [1.54, 1.807) is 13.8 Å². The molecule has 0 aliphatic rings. The smallest absolute Gasteiger partial charge is 0.194 e. The highest BCUT2D eigenvalue weighted by Gasteiger charge is 2.24. The normalized spacial score (nSPS) is 12.8. The van der Waals surface area contributed by atoms with Crippen molar-refractivity contribution in [1.82, 2.24) is 15.0 Å². The number of pyridine rings is 1. The van der Waals surface area contributed by atoms with Gasteiger partial charge in [0, 0.05) is 6.26 Å². The lowest BCUT2D eigenvalue weighted by Crippen LogP contribution is -2.16. The van der Waals surface area contributed by atoms with Crippen LogP contribution in [0.1, 0.15) is 28.7 Å². The van der Waals surface area contributed by atoms with E-state index in [1.165, 1.54) is 24.3 Å². The first-order valence-electron chi connectivity index (χ1n) is 8.16. The van der Waals surface area contributed by atoms with E-state index in [4.69, 9.17) is 11.6 Å². The molecule has 2 heterocycles. The third-order valence-corrected chi connectivity index (χ3v) is 5.48. The number of imidazole rings is 1. The summed E-state index contributed by atoms with van der Waals surface area (Å²) in [4.78, 5) is 11.2. The summed E-state index contributed by atoms with van der Waals surface area (Å²) in [6.07, 6.45) is 2.11. The van der Waals surface area contributed by atoms with Crippen molar-refractivity contribution >= 4 is 27.3 Å². The molecule has 6 nitrogen and oxygen atoms in total. The average molecular weight is 427 g/mol. The van der Waals surface area contributed by atoms with Gasteiger partial charge in [-0.05, 0) is 43.2 Å². The molecule has 28 heavy (non-hydrogen) atoms. The van der Waals surface area contributed by atoms with Crippen LogP contribution in [0.15, 0.2) is 35.5 Å². The number of rotatable bonds is 5. The molecule has 2 aromatic heterocycles. The first kappa shape index (κ1) is 20.2. The fourth-order valence-corrected chi connectivity index (χ4v) is 3.85. The van der Waals surface area contributed by atoms with Gasteiger partial charge in [-0.2, -0.15) is 0 Å². The summed E-state index contributed by atoms with van der Waals surface area (Å²) in [7, 11) is -3.55. The van der Waals surface area contributed by atoms with Crippen LogP contribution in [0.4, 0.5) is 14.6 Å². The standard InChI is InChI=1S/C18H17ClF2N4O2S/c1-9-6-12(20)8-22-16(9)24-15(11-4-5-14(21)13(19)7-11)17-23-10(2)18(25-17)28(3,26)27/h4-8,15H,1-3H3,(H,22,24)(H,23,25). The van der Waals surface area contributed by atoms with Crippen LogP contribution in [0.2, 0.25) is 5.02 Å². The summed E-state index contributed by atoms with van der Waals surface area (Å²) in [6.45, 7) is 3.26. The third kappa shape index (κ3) is 4.15. The number of nitrogens with one attached hydrogen (secondary N) is 2. The van der Waals surface area contributed by atoms with Crippen LogP contribution in [-0.4, -0.2) is 29.6 Å². The minimum atomic E-state index is -3.55. The molecule has 1 unspecified atom stereocenters. The number of aromatic nitrogens is 3. The molecule has 0 radical (unpaired) electrons. The van der Waals surface area contributed by atoms with Crippen LogP contribution in [-0.2, 0) is 9.84 Å². The summed E-state index contributed by atoms with van der Waals surface area (Å²) < 4.78 is 50.9. The molecule has 2 N–H and O–H groups in total. The van der Waals surface area contributed by atoms with Gasteiger partial charge < -0.3 is 10.3 Å². The van der Waals surface area contributed by atoms with Gasteiger partial charge >= 0.3 is 0 Å². The Morgan fingerprint density at radius 1 is 1.21 bits per heavy atom. The number of hydrogen-bond donors (Lipinski definition) is 2. The number of aryl methyl sites for hydroxylation is 2. The second-order valence-corrected chi connectivity index (χ2v) is 8.73. The van der Waals surface area contributed by atoms with Gasteiger partial charge in [0.1, 0.15) is 29.3 Å². The van der Waals surface area contributed by atoms with Gasteiger partial charge in [-0.1, -0.05) is 17.7 Å². The molecule has 1 aromatic carbocycles. The van der Waals surface area contributed by atoms with Gasteiger partial charge in [0.25, 0.3) is 0 Å². The van der Waals surface area contributed by atoms with Gasteiger partial charge in [0.2, 0.25) is 0 Å². The molecule has 0 aliphatic carbocycles. The van der Waals surface area contributed by atoms with Crippen molar-refractivity contribution in [2.75, 3.05) is 11.6 Å². The third-order valence-electron chi connectivity index (χ3n) is 4.09. The molecule has 0 saturated heterocycles. The van der Waals surface area contributed by atoms with Crippen molar-refractivity contribution in [3.05, 3.63) is 69.8 Å². The Labute approximate surface area is 165 Å². The molecule has 10 heteroatoms. The quantitative estimate of drug-likeness (QED) is 0.644. The zero-order chi connectivity index (χ0) is 20.6. The minimum absolute atomic E-state index is 0.0914. The SMILES string of the molecule is Cc1cc(F)cnc1NC(c1ccc(F)c(Cl)c1)c1nc(S(C)(=O)=O)c(C)[nH]1. The maximum atomic E-state index is 13.6. The van der Waals surface area contributed by atoms with E-state index in [0.29, 0.717) is 22.6 Å². The van der Waals surface area contributed by atoms with Crippen LogP contribution in [0.3, 0.4) is 0 Å². The molecule has 0 aliphatic heterocycles. The van der Waals surface area contributed by atoms with E-state index in [1.807, 2.05) is 0 Å². The fraction of sp³-hybridized carbons (Fsp3) is 0.222. The highest BCUT2D eigenvalue weighted by molar-refractivity contribution is 7.90. The van der Waals surface area contributed by atoms with Crippen molar-refractivity contribution in [1.29, 1.82) is 0 Å². The number of sulfone groups is 1. The lowest BCUT2D eigenvalue weighted by atomic mass is 10.1. The predicted octanol–water partition coefficient (Wildman–Crippen LogP) is 3.96. The number of hydrogen-bond acceptors (Lipinski definition) is 5. The van der Waals surface area contributed by atoms with Crippen LogP contribution >= 0.6 is 11.6 Å². The first-order valence-corrected chi connectivity index (χ1v) is 10.4. The molecule has 3 rings (SSSR count). The largest absolute Gasteiger partial charge is 0.356 e. The highest BCUT2D eigenvalue weighted by Crippen LogP contribution is 2.30. The highest BCUT2D eigenvalue weighted by atomic mass is 35.5. The lowest BCUT2D eigenvalue weighted by molar-refractivity contribution is 0.597. The lowest BCUT2D eigenvalue weighted by Gasteiger charge is -2.19. The molecule has 1 atom stereocenters. The van der Waals surface area contributed by atoms with Crippen LogP contribution in [0.5, 0.6) is 0 Å². The number of benzene rings is 1. The summed E-state index contributed by atoms with van der Waals surface area (Å²) in [6, 6.07) is 4.68. The number of halogens is 3. The summed E-state index contributed by atoms with van der Waals surface area (Å²) in [5.41, 5.74) is 1.41. The van der Waals surface area contributed by atoms with E-state index in [2.05, 4.69) is 20.3 Å². The zero-order valence-corrected chi connectivity index (χ0v) is 16.8. The maximum absolute atomic E-state index is 13.6. The Kier molecular flexibility index (Phi) is 5.40.